The number of carbonyl (C=O) groups is 2. The van der Waals surface area contributed by atoms with Gasteiger partial charge in [-0.25, -0.2) is 4.79 Å². The van der Waals surface area contributed by atoms with Gasteiger partial charge >= 0.3 is 5.63 Å². The zero-order chi connectivity index (χ0) is 23.4. The van der Waals surface area contributed by atoms with Gasteiger partial charge in [0.15, 0.2) is 6.61 Å². The van der Waals surface area contributed by atoms with Crippen molar-refractivity contribution in [3.8, 4) is 16.9 Å². The maximum atomic E-state index is 12.3. The molecule has 0 atom stereocenters. The van der Waals surface area contributed by atoms with Crippen molar-refractivity contribution in [3.05, 3.63) is 64.5 Å². The number of hydrogen-bond acceptors (Lipinski definition) is 6. The van der Waals surface area contributed by atoms with E-state index in [0.29, 0.717) is 36.3 Å². The smallest absolute Gasteiger partial charge is 0.336 e. The molecule has 0 radical (unpaired) electrons. The topological polar surface area (TPSA) is 109 Å². The summed E-state index contributed by atoms with van der Waals surface area (Å²) in [7, 11) is 0. The van der Waals surface area contributed by atoms with Gasteiger partial charge in [-0.1, -0.05) is 30.3 Å². The number of aryl methyl sites for hydroxylation is 1. The third-order valence-corrected chi connectivity index (χ3v) is 6.32. The quantitative estimate of drug-likeness (QED) is 0.557. The number of amides is 1. The van der Waals surface area contributed by atoms with Crippen LogP contribution in [0.2, 0.25) is 0 Å². The molecule has 7 nitrogen and oxygen atoms in total. The van der Waals surface area contributed by atoms with Gasteiger partial charge in [0, 0.05) is 29.5 Å². The third kappa shape index (κ3) is 5.25. The molecule has 0 spiro atoms. The van der Waals surface area contributed by atoms with Crippen LogP contribution in [0, 0.1) is 18.8 Å². The van der Waals surface area contributed by atoms with Crippen molar-refractivity contribution in [2.75, 3.05) is 13.2 Å². The van der Waals surface area contributed by atoms with E-state index in [1.54, 1.807) is 13.0 Å². The summed E-state index contributed by atoms with van der Waals surface area (Å²) in [5.41, 5.74) is 2.33. The molecular formula is C26H26NO6-. The van der Waals surface area contributed by atoms with Gasteiger partial charge in [-0.15, -0.1) is 0 Å². The average Bonchev–Trinajstić information content (AvgIpc) is 2.83. The second kappa shape index (κ2) is 9.90. The number of benzene rings is 2. The van der Waals surface area contributed by atoms with Crippen LogP contribution in [0.4, 0.5) is 0 Å². The van der Waals surface area contributed by atoms with E-state index in [-0.39, 0.29) is 24.3 Å². The van der Waals surface area contributed by atoms with E-state index in [9.17, 15) is 19.5 Å². The number of rotatable bonds is 7. The van der Waals surface area contributed by atoms with Gasteiger partial charge in [0.05, 0.1) is 0 Å². The van der Waals surface area contributed by atoms with Crippen LogP contribution >= 0.6 is 0 Å². The molecule has 0 aliphatic heterocycles. The lowest BCUT2D eigenvalue weighted by molar-refractivity contribution is -0.312. The van der Waals surface area contributed by atoms with E-state index in [2.05, 4.69) is 5.32 Å². The van der Waals surface area contributed by atoms with Crippen LogP contribution in [0.1, 0.15) is 31.2 Å². The summed E-state index contributed by atoms with van der Waals surface area (Å²) in [6.07, 6.45) is 2.69. The number of hydrogen-bond donors (Lipinski definition) is 1. The first-order chi connectivity index (χ1) is 15.9. The summed E-state index contributed by atoms with van der Waals surface area (Å²) in [6, 6.07) is 14.7. The molecule has 7 heteroatoms. The van der Waals surface area contributed by atoms with Gasteiger partial charge in [-0.05, 0) is 67.7 Å². The Balaban J connectivity index is 1.40. The minimum Gasteiger partial charge on any atom is -0.550 e. The van der Waals surface area contributed by atoms with E-state index in [1.165, 1.54) is 6.07 Å². The van der Waals surface area contributed by atoms with Crippen molar-refractivity contribution in [3.63, 3.8) is 0 Å². The molecule has 33 heavy (non-hydrogen) atoms. The number of ether oxygens (including phenoxy) is 1. The lowest BCUT2D eigenvalue weighted by Crippen LogP contribution is -2.37. The van der Waals surface area contributed by atoms with Crippen molar-refractivity contribution in [1.29, 1.82) is 0 Å². The van der Waals surface area contributed by atoms with Gasteiger partial charge in [0.1, 0.15) is 11.3 Å². The van der Waals surface area contributed by atoms with Crippen molar-refractivity contribution >= 4 is 22.8 Å². The molecule has 0 saturated heterocycles. The Morgan fingerprint density at radius 1 is 1.09 bits per heavy atom. The molecule has 4 rings (SSSR count). The Kier molecular flexibility index (Phi) is 6.77. The lowest BCUT2D eigenvalue weighted by Gasteiger charge is -2.29. The molecule has 1 aliphatic rings. The van der Waals surface area contributed by atoms with Crippen LogP contribution in [0.3, 0.4) is 0 Å². The third-order valence-electron chi connectivity index (χ3n) is 6.32. The predicted molar refractivity (Wildman–Crippen MR) is 122 cm³/mol. The molecule has 0 unspecified atom stereocenters. The Hall–Kier alpha value is -3.61. The van der Waals surface area contributed by atoms with E-state index in [1.807, 2.05) is 36.4 Å². The van der Waals surface area contributed by atoms with Crippen molar-refractivity contribution in [2.24, 2.45) is 11.8 Å². The first-order valence-electron chi connectivity index (χ1n) is 11.2. The van der Waals surface area contributed by atoms with Crippen LogP contribution in [0.25, 0.3) is 22.1 Å². The van der Waals surface area contributed by atoms with Crippen LogP contribution in [-0.4, -0.2) is 25.0 Å². The molecule has 0 bridgehead atoms. The van der Waals surface area contributed by atoms with Gasteiger partial charge < -0.3 is 24.4 Å². The summed E-state index contributed by atoms with van der Waals surface area (Å²) in [5.74, 6) is -0.879. The first kappa shape index (κ1) is 22.6. The summed E-state index contributed by atoms with van der Waals surface area (Å²) in [4.78, 5) is 35.4. The fraction of sp³-hybridized carbons (Fsp3) is 0.346. The van der Waals surface area contributed by atoms with E-state index >= 15 is 0 Å². The number of nitrogens with one attached hydrogen (secondary N) is 1. The summed E-state index contributed by atoms with van der Waals surface area (Å²) in [6.45, 7) is 2.13. The lowest BCUT2D eigenvalue weighted by atomic mass is 9.82. The highest BCUT2D eigenvalue weighted by atomic mass is 16.5. The molecule has 2 aromatic carbocycles. The Labute approximate surface area is 191 Å². The normalized spacial score (nSPS) is 18.1. The Bertz CT molecular complexity index is 1210. The minimum atomic E-state index is -0.983. The largest absolute Gasteiger partial charge is 0.550 e. The van der Waals surface area contributed by atoms with Crippen molar-refractivity contribution < 1.29 is 23.8 Å². The van der Waals surface area contributed by atoms with Crippen molar-refractivity contribution in [1.82, 2.24) is 5.32 Å². The molecule has 1 N–H and O–H groups in total. The molecule has 172 valence electrons. The highest BCUT2D eigenvalue weighted by Crippen LogP contribution is 2.33. The zero-order valence-corrected chi connectivity index (χ0v) is 18.5. The van der Waals surface area contributed by atoms with E-state index < -0.39 is 11.6 Å². The van der Waals surface area contributed by atoms with Crippen LogP contribution in [0.5, 0.6) is 5.75 Å². The maximum Gasteiger partial charge on any atom is 0.336 e. The molecule has 1 saturated carbocycles. The van der Waals surface area contributed by atoms with Gasteiger partial charge in [0.2, 0.25) is 0 Å². The van der Waals surface area contributed by atoms with Gasteiger partial charge in [-0.3, -0.25) is 4.79 Å². The minimum absolute atomic E-state index is 0.163. The number of fused-ring (bicyclic) bond motifs is 1. The zero-order valence-electron chi connectivity index (χ0n) is 18.5. The second-order valence-electron chi connectivity index (χ2n) is 8.54. The first-order valence-corrected chi connectivity index (χ1v) is 11.2. The molecule has 1 amide bonds. The summed E-state index contributed by atoms with van der Waals surface area (Å²) < 4.78 is 11.2. The maximum absolute atomic E-state index is 12.3. The molecule has 1 aromatic heterocycles. The number of carbonyl (C=O) groups excluding carboxylic acids is 2. The Morgan fingerprint density at radius 3 is 2.52 bits per heavy atom. The van der Waals surface area contributed by atoms with E-state index in [4.69, 9.17) is 9.15 Å². The number of carboxylic acids is 1. The molecule has 1 heterocycles. The van der Waals surface area contributed by atoms with Crippen LogP contribution in [0.15, 0.2) is 57.7 Å². The molecule has 1 fully saturated rings. The monoisotopic (exact) mass is 448 g/mol. The van der Waals surface area contributed by atoms with Gasteiger partial charge in [-0.2, -0.15) is 0 Å². The SMILES string of the molecule is Cc1c(OCC(=O)NCC2CCC(C(=O)[O-])CC2)ccc2c(-c3ccccc3)cc(=O)oc12. The fourth-order valence-corrected chi connectivity index (χ4v) is 4.41. The van der Waals surface area contributed by atoms with Crippen LogP contribution < -0.4 is 20.8 Å². The molecular weight excluding hydrogens is 422 g/mol. The van der Waals surface area contributed by atoms with E-state index in [0.717, 1.165) is 29.4 Å². The molecule has 1 aliphatic carbocycles. The van der Waals surface area contributed by atoms with Crippen LogP contribution in [-0.2, 0) is 9.59 Å². The summed E-state index contributed by atoms with van der Waals surface area (Å²) >= 11 is 0. The average molecular weight is 448 g/mol. The number of aliphatic carboxylic acids is 1. The molecule has 3 aromatic rings. The predicted octanol–water partition coefficient (Wildman–Crippen LogP) is 2.82. The highest BCUT2D eigenvalue weighted by molar-refractivity contribution is 5.95. The standard InChI is InChI=1S/C26H27NO6/c1-16-22(32-15-23(28)27-14-17-7-9-19(10-8-17)26(30)31)12-11-20-21(13-24(29)33-25(16)20)18-5-3-2-4-6-18/h2-6,11-13,17,19H,7-10,14-15H2,1H3,(H,27,28)(H,30,31)/p-1. The fourth-order valence-electron chi connectivity index (χ4n) is 4.41. The summed E-state index contributed by atoms with van der Waals surface area (Å²) in [5, 5.41) is 14.6. The Morgan fingerprint density at radius 2 is 1.82 bits per heavy atom. The second-order valence-corrected chi connectivity index (χ2v) is 8.54. The highest BCUT2D eigenvalue weighted by Gasteiger charge is 2.22. The van der Waals surface area contributed by atoms with Crippen molar-refractivity contribution in [2.45, 2.75) is 32.6 Å². The van der Waals surface area contributed by atoms with Gasteiger partial charge in [0.25, 0.3) is 5.91 Å². The number of carboxylic acid groups (broad SMARTS) is 1.